The summed E-state index contributed by atoms with van der Waals surface area (Å²) in [5.41, 5.74) is 0. The van der Waals surface area contributed by atoms with Crippen LogP contribution in [-0.2, 0) is 16.8 Å². The van der Waals surface area contributed by atoms with Gasteiger partial charge in [-0.15, -0.1) is 0 Å². The van der Waals surface area contributed by atoms with Crippen molar-refractivity contribution in [2.24, 2.45) is 11.8 Å². The molecule has 0 unspecified atom stereocenters. The van der Waals surface area contributed by atoms with Crippen molar-refractivity contribution in [2.75, 3.05) is 0 Å². The van der Waals surface area contributed by atoms with Gasteiger partial charge in [0.1, 0.15) is 0 Å². The molecule has 1 radical (unpaired) electrons. The Hall–Kier alpha value is 0.506. The molecule has 1 aliphatic rings. The van der Waals surface area contributed by atoms with E-state index in [-0.39, 0.29) is 16.8 Å². The standard InChI is InChI=1S/C5H9.Co/c1-4-3-5(4)2;/h4-5H,1,3H2,2H3;/q-1;/t4-,5+;/m1./s1. The van der Waals surface area contributed by atoms with Crippen LogP contribution >= 0.6 is 0 Å². The normalized spacial score (nSPS) is 41.0. The van der Waals surface area contributed by atoms with Crippen molar-refractivity contribution in [2.45, 2.75) is 13.3 Å². The van der Waals surface area contributed by atoms with Gasteiger partial charge >= 0.3 is 0 Å². The van der Waals surface area contributed by atoms with E-state index in [4.69, 9.17) is 0 Å². The van der Waals surface area contributed by atoms with Crippen LogP contribution < -0.4 is 0 Å². The summed E-state index contributed by atoms with van der Waals surface area (Å²) in [6.45, 7) is 6.06. The van der Waals surface area contributed by atoms with Gasteiger partial charge in [0, 0.05) is 16.8 Å². The molecule has 0 aliphatic heterocycles. The Bertz CT molecular complexity index is 37.2. The van der Waals surface area contributed by atoms with Gasteiger partial charge in [0.2, 0.25) is 0 Å². The minimum Gasteiger partial charge on any atom is -0.340 e. The molecule has 0 heterocycles. The van der Waals surface area contributed by atoms with Gasteiger partial charge in [-0.25, -0.2) is 0 Å². The maximum Gasteiger partial charge on any atom is 0 e. The van der Waals surface area contributed by atoms with Crippen LogP contribution in [0.25, 0.3) is 0 Å². The van der Waals surface area contributed by atoms with Gasteiger partial charge in [0.15, 0.2) is 0 Å². The molecule has 0 aromatic carbocycles. The molecule has 1 rings (SSSR count). The zero-order valence-corrected chi connectivity index (χ0v) is 4.94. The smallest absolute Gasteiger partial charge is 0 e. The van der Waals surface area contributed by atoms with Crippen LogP contribution in [0.1, 0.15) is 13.3 Å². The second kappa shape index (κ2) is 1.98. The van der Waals surface area contributed by atoms with E-state index in [1.54, 1.807) is 0 Å². The fourth-order valence-corrected chi connectivity index (χ4v) is 0.399. The summed E-state index contributed by atoms with van der Waals surface area (Å²) >= 11 is 0. The monoisotopic (exact) mass is 128 g/mol. The third-order valence-corrected chi connectivity index (χ3v) is 1.28. The van der Waals surface area contributed by atoms with Gasteiger partial charge in [-0.05, 0) is 0 Å². The van der Waals surface area contributed by atoms with Crippen molar-refractivity contribution in [3.63, 3.8) is 0 Å². The molecule has 1 heteroatoms. The van der Waals surface area contributed by atoms with Crippen LogP contribution in [-0.4, -0.2) is 0 Å². The van der Waals surface area contributed by atoms with E-state index >= 15 is 0 Å². The molecule has 6 heavy (non-hydrogen) atoms. The van der Waals surface area contributed by atoms with E-state index in [1.165, 1.54) is 6.42 Å². The summed E-state index contributed by atoms with van der Waals surface area (Å²) in [6, 6.07) is 0. The summed E-state index contributed by atoms with van der Waals surface area (Å²) in [7, 11) is 0. The molecule has 0 saturated heterocycles. The molecule has 39 valence electrons. The molecule has 1 aliphatic carbocycles. The molecule has 0 bridgehead atoms. The number of rotatable bonds is 0. The number of hydrogen-bond donors (Lipinski definition) is 0. The summed E-state index contributed by atoms with van der Waals surface area (Å²) in [5.74, 6) is 1.74. The molecule has 1 fully saturated rings. The van der Waals surface area contributed by atoms with Crippen molar-refractivity contribution >= 4 is 0 Å². The van der Waals surface area contributed by atoms with Gasteiger partial charge in [-0.3, -0.25) is 0 Å². The fourth-order valence-electron chi connectivity index (χ4n) is 0.399. The first-order valence-corrected chi connectivity index (χ1v) is 2.14. The first kappa shape index (κ1) is 6.51. The van der Waals surface area contributed by atoms with E-state index in [0.29, 0.717) is 0 Å². The number of hydrogen-bond acceptors (Lipinski definition) is 0. The Morgan fingerprint density at radius 2 is 1.83 bits per heavy atom. The predicted molar refractivity (Wildman–Crippen MR) is 22.6 cm³/mol. The van der Waals surface area contributed by atoms with Crippen LogP contribution in [0.3, 0.4) is 0 Å². The Labute approximate surface area is 49.5 Å². The van der Waals surface area contributed by atoms with Gasteiger partial charge in [0.25, 0.3) is 0 Å². The zero-order chi connectivity index (χ0) is 3.86. The summed E-state index contributed by atoms with van der Waals surface area (Å²) < 4.78 is 0. The molecule has 0 aromatic heterocycles. The molecule has 0 spiro atoms. The van der Waals surface area contributed by atoms with Crippen LogP contribution in [0.5, 0.6) is 0 Å². The summed E-state index contributed by atoms with van der Waals surface area (Å²) in [4.78, 5) is 0. The van der Waals surface area contributed by atoms with Crippen molar-refractivity contribution in [1.29, 1.82) is 0 Å². The van der Waals surface area contributed by atoms with E-state index in [1.807, 2.05) is 0 Å². The molecule has 1 saturated carbocycles. The minimum absolute atomic E-state index is 0. The van der Waals surface area contributed by atoms with Gasteiger partial charge in [0.05, 0.1) is 0 Å². The van der Waals surface area contributed by atoms with Crippen molar-refractivity contribution in [3.8, 4) is 0 Å². The van der Waals surface area contributed by atoms with Crippen LogP contribution in [0, 0.1) is 18.8 Å². The largest absolute Gasteiger partial charge is 0.340 e. The first-order chi connectivity index (χ1) is 2.30. The quantitative estimate of drug-likeness (QED) is 0.433. The van der Waals surface area contributed by atoms with Crippen LogP contribution in [0.4, 0.5) is 0 Å². The predicted octanol–water partition coefficient (Wildman–Crippen LogP) is 1.47. The SMILES string of the molecule is [CH2-][C@@H]1C[C@@H]1C.[Co]. The average molecular weight is 128 g/mol. The van der Waals surface area contributed by atoms with Crippen LogP contribution in [0.2, 0.25) is 0 Å². The molecule has 0 aromatic rings. The molecule has 0 nitrogen and oxygen atoms in total. The second-order valence-corrected chi connectivity index (χ2v) is 1.97. The van der Waals surface area contributed by atoms with Gasteiger partial charge < -0.3 is 6.92 Å². The maximum absolute atomic E-state index is 3.83. The van der Waals surface area contributed by atoms with Gasteiger partial charge in [-0.2, -0.15) is 5.92 Å². The molecular formula is C5H9Co-. The Kier molecular flexibility index (Phi) is 2.15. The van der Waals surface area contributed by atoms with Crippen LogP contribution in [0.15, 0.2) is 0 Å². The van der Waals surface area contributed by atoms with Crippen molar-refractivity contribution in [1.82, 2.24) is 0 Å². The van der Waals surface area contributed by atoms with E-state index in [9.17, 15) is 0 Å². The van der Waals surface area contributed by atoms with Gasteiger partial charge in [-0.1, -0.05) is 19.3 Å². The Morgan fingerprint density at radius 3 is 1.83 bits per heavy atom. The molecule has 0 amide bonds. The van der Waals surface area contributed by atoms with Crippen molar-refractivity contribution < 1.29 is 16.8 Å². The Morgan fingerprint density at radius 1 is 1.67 bits per heavy atom. The first-order valence-electron chi connectivity index (χ1n) is 2.14. The zero-order valence-electron chi connectivity index (χ0n) is 3.90. The molecular weight excluding hydrogens is 119 g/mol. The van der Waals surface area contributed by atoms with E-state index in [0.717, 1.165) is 11.8 Å². The second-order valence-electron chi connectivity index (χ2n) is 1.97. The molecule has 0 N–H and O–H groups in total. The summed E-state index contributed by atoms with van der Waals surface area (Å²) in [6.07, 6.45) is 1.36. The fraction of sp³-hybridized carbons (Fsp3) is 0.800. The minimum atomic E-state index is 0. The van der Waals surface area contributed by atoms with E-state index in [2.05, 4.69) is 13.8 Å². The third-order valence-electron chi connectivity index (χ3n) is 1.28. The topological polar surface area (TPSA) is 0 Å². The third kappa shape index (κ3) is 1.31. The van der Waals surface area contributed by atoms with Crippen molar-refractivity contribution in [3.05, 3.63) is 6.92 Å². The molecule has 2 atom stereocenters. The average Bonchev–Trinajstić information content (AvgIpc) is 1.79. The summed E-state index contributed by atoms with van der Waals surface area (Å²) in [5, 5.41) is 0. The van der Waals surface area contributed by atoms with E-state index < -0.39 is 0 Å². The maximum atomic E-state index is 3.83. The Balaban J connectivity index is 0.000000250.